The van der Waals surface area contributed by atoms with E-state index in [4.69, 9.17) is 5.10 Å². The van der Waals surface area contributed by atoms with Gasteiger partial charge in [-0.1, -0.05) is 0 Å². The zero-order chi connectivity index (χ0) is 18.8. The van der Waals surface area contributed by atoms with E-state index in [1.807, 2.05) is 22.2 Å². The van der Waals surface area contributed by atoms with Crippen LogP contribution in [0.5, 0.6) is 0 Å². The molecule has 1 amide bonds. The molecule has 8 heteroatoms. The van der Waals surface area contributed by atoms with Gasteiger partial charge >= 0.3 is 0 Å². The van der Waals surface area contributed by atoms with Crippen LogP contribution in [0.3, 0.4) is 0 Å². The van der Waals surface area contributed by atoms with E-state index in [0.29, 0.717) is 11.7 Å². The van der Waals surface area contributed by atoms with Gasteiger partial charge < -0.3 is 4.90 Å². The zero-order valence-corrected chi connectivity index (χ0v) is 17.7. The molecule has 27 heavy (non-hydrogen) atoms. The van der Waals surface area contributed by atoms with Crippen LogP contribution in [0.1, 0.15) is 40.8 Å². The number of nitrogens with zero attached hydrogens (tertiary/aromatic N) is 5. The summed E-state index contributed by atoms with van der Waals surface area (Å²) in [5, 5.41) is 6.86. The molecule has 1 unspecified atom stereocenters. The number of thioether (sulfide) groups is 1. The number of amides is 1. The van der Waals surface area contributed by atoms with E-state index in [9.17, 15) is 4.79 Å². The van der Waals surface area contributed by atoms with Gasteiger partial charge in [-0.3, -0.25) is 14.4 Å². The highest BCUT2D eigenvalue weighted by molar-refractivity contribution is 7.99. The van der Waals surface area contributed by atoms with Crippen LogP contribution in [-0.4, -0.2) is 68.2 Å². The standard InChI is InChI=1S/C19H27N5OS2/c1-3-24-17-5-4-15(22(2)11-14-12-27-13-20-14)10-16(17)18(21-24)19(25)23-6-8-26-9-7-23/h12-13,15H,3-11H2,1-2H3. The summed E-state index contributed by atoms with van der Waals surface area (Å²) in [6.45, 7) is 5.47. The van der Waals surface area contributed by atoms with Gasteiger partial charge in [0.25, 0.3) is 5.91 Å². The minimum absolute atomic E-state index is 0.126. The Balaban J connectivity index is 1.55. The predicted molar refractivity (Wildman–Crippen MR) is 111 cm³/mol. The molecule has 0 spiro atoms. The number of rotatable bonds is 5. The van der Waals surface area contributed by atoms with Crippen molar-refractivity contribution >= 4 is 29.0 Å². The number of hydrogen-bond acceptors (Lipinski definition) is 6. The Morgan fingerprint density at radius 1 is 1.37 bits per heavy atom. The average molecular weight is 406 g/mol. The van der Waals surface area contributed by atoms with Crippen LogP contribution in [0.25, 0.3) is 0 Å². The monoisotopic (exact) mass is 405 g/mol. The number of hydrogen-bond donors (Lipinski definition) is 0. The van der Waals surface area contributed by atoms with Gasteiger partial charge in [-0.15, -0.1) is 11.3 Å². The van der Waals surface area contributed by atoms with Crippen molar-refractivity contribution in [1.29, 1.82) is 0 Å². The van der Waals surface area contributed by atoms with Crippen molar-refractivity contribution < 1.29 is 4.79 Å². The minimum atomic E-state index is 0.126. The third-order valence-corrected chi connectivity index (χ3v) is 7.22. The largest absolute Gasteiger partial charge is 0.336 e. The number of fused-ring (bicyclic) bond motifs is 1. The molecule has 0 bridgehead atoms. The molecule has 1 aliphatic carbocycles. The van der Waals surface area contributed by atoms with Crippen LogP contribution in [0.15, 0.2) is 10.9 Å². The number of aryl methyl sites for hydroxylation is 1. The zero-order valence-electron chi connectivity index (χ0n) is 16.1. The van der Waals surface area contributed by atoms with Gasteiger partial charge in [0.15, 0.2) is 5.69 Å². The Hall–Kier alpha value is -1.38. The fourth-order valence-electron chi connectivity index (χ4n) is 4.10. The topological polar surface area (TPSA) is 54.3 Å². The molecule has 2 aromatic heterocycles. The lowest BCUT2D eigenvalue weighted by Crippen LogP contribution is -2.40. The van der Waals surface area contributed by atoms with Crippen molar-refractivity contribution in [3.63, 3.8) is 0 Å². The molecule has 0 saturated carbocycles. The van der Waals surface area contributed by atoms with E-state index in [1.165, 1.54) is 11.3 Å². The quantitative estimate of drug-likeness (QED) is 0.765. The summed E-state index contributed by atoms with van der Waals surface area (Å²) in [5.41, 5.74) is 6.17. The van der Waals surface area contributed by atoms with Gasteiger partial charge in [0.05, 0.1) is 11.2 Å². The van der Waals surface area contributed by atoms with Crippen LogP contribution >= 0.6 is 23.1 Å². The van der Waals surface area contributed by atoms with Crippen molar-refractivity contribution in [3.8, 4) is 0 Å². The second-order valence-electron chi connectivity index (χ2n) is 7.29. The van der Waals surface area contributed by atoms with E-state index in [-0.39, 0.29) is 5.91 Å². The molecule has 0 aromatic carbocycles. The molecule has 3 heterocycles. The Labute approximate surface area is 168 Å². The third kappa shape index (κ3) is 3.93. The molecule has 1 fully saturated rings. The lowest BCUT2D eigenvalue weighted by Gasteiger charge is -2.32. The molecule has 1 saturated heterocycles. The number of aromatic nitrogens is 3. The average Bonchev–Trinajstić information content (AvgIpc) is 3.35. The van der Waals surface area contributed by atoms with Crippen LogP contribution in [0.4, 0.5) is 0 Å². The number of thiazole rings is 1. The molecule has 6 nitrogen and oxygen atoms in total. The van der Waals surface area contributed by atoms with Crippen LogP contribution in [0.2, 0.25) is 0 Å². The van der Waals surface area contributed by atoms with E-state index < -0.39 is 0 Å². The number of carbonyl (C=O) groups is 1. The molecular formula is C19H27N5OS2. The SMILES string of the molecule is CCn1nc(C(=O)N2CCSCC2)c2c1CCC(N(C)Cc1cscn1)C2. The van der Waals surface area contributed by atoms with Gasteiger partial charge in [0, 0.05) is 60.4 Å². The summed E-state index contributed by atoms with van der Waals surface area (Å²) >= 11 is 3.57. The van der Waals surface area contributed by atoms with Crippen molar-refractivity contribution in [2.75, 3.05) is 31.6 Å². The maximum Gasteiger partial charge on any atom is 0.274 e. The van der Waals surface area contributed by atoms with Crippen molar-refractivity contribution in [3.05, 3.63) is 33.5 Å². The highest BCUT2D eigenvalue weighted by Crippen LogP contribution is 2.29. The van der Waals surface area contributed by atoms with Crippen LogP contribution in [0, 0.1) is 0 Å². The van der Waals surface area contributed by atoms with E-state index in [2.05, 4.69) is 33.9 Å². The predicted octanol–water partition coefficient (Wildman–Crippen LogP) is 2.54. The smallest absolute Gasteiger partial charge is 0.274 e. The van der Waals surface area contributed by atoms with Gasteiger partial charge in [0.2, 0.25) is 0 Å². The third-order valence-electron chi connectivity index (χ3n) is 5.64. The second kappa shape index (κ2) is 8.32. The van der Waals surface area contributed by atoms with Gasteiger partial charge in [-0.05, 0) is 33.2 Å². The summed E-state index contributed by atoms with van der Waals surface area (Å²) in [4.78, 5) is 21.9. The Bertz CT molecular complexity index is 782. The molecule has 0 N–H and O–H groups in total. The molecule has 1 aliphatic heterocycles. The Morgan fingerprint density at radius 2 is 2.19 bits per heavy atom. The van der Waals surface area contributed by atoms with Gasteiger partial charge in [-0.2, -0.15) is 16.9 Å². The van der Waals surface area contributed by atoms with Crippen molar-refractivity contribution in [2.45, 2.75) is 45.3 Å². The lowest BCUT2D eigenvalue weighted by molar-refractivity contribution is 0.0763. The summed E-state index contributed by atoms with van der Waals surface area (Å²) in [6, 6.07) is 0.428. The maximum atomic E-state index is 13.2. The molecule has 4 rings (SSSR count). The fourth-order valence-corrected chi connectivity index (χ4v) is 5.55. The summed E-state index contributed by atoms with van der Waals surface area (Å²) in [5.74, 6) is 2.18. The van der Waals surface area contributed by atoms with Crippen molar-refractivity contribution in [2.24, 2.45) is 0 Å². The molecule has 1 atom stereocenters. The first-order chi connectivity index (χ1) is 13.2. The second-order valence-corrected chi connectivity index (χ2v) is 9.23. The minimum Gasteiger partial charge on any atom is -0.336 e. The first-order valence-electron chi connectivity index (χ1n) is 9.70. The molecule has 2 aromatic rings. The Kier molecular flexibility index (Phi) is 5.85. The lowest BCUT2D eigenvalue weighted by atomic mass is 9.90. The fraction of sp³-hybridized carbons (Fsp3) is 0.632. The normalized spacial score (nSPS) is 20.1. The molecular weight excluding hydrogens is 378 g/mol. The summed E-state index contributed by atoms with van der Waals surface area (Å²) in [6.07, 6.45) is 3.00. The van der Waals surface area contributed by atoms with Gasteiger partial charge in [0.1, 0.15) is 0 Å². The molecule has 146 valence electrons. The van der Waals surface area contributed by atoms with Crippen LogP contribution in [-0.2, 0) is 25.9 Å². The summed E-state index contributed by atoms with van der Waals surface area (Å²) < 4.78 is 2.05. The number of carbonyl (C=O) groups excluding carboxylic acids is 1. The summed E-state index contributed by atoms with van der Waals surface area (Å²) in [7, 11) is 2.17. The molecule has 2 aliphatic rings. The highest BCUT2D eigenvalue weighted by atomic mass is 32.2. The molecule has 0 radical (unpaired) electrons. The first-order valence-corrected chi connectivity index (χ1v) is 11.8. The van der Waals surface area contributed by atoms with E-state index in [1.54, 1.807) is 11.3 Å². The maximum absolute atomic E-state index is 13.2. The van der Waals surface area contributed by atoms with E-state index in [0.717, 1.165) is 62.6 Å². The van der Waals surface area contributed by atoms with Gasteiger partial charge in [-0.25, -0.2) is 4.98 Å². The van der Waals surface area contributed by atoms with E-state index >= 15 is 0 Å². The number of likely N-dealkylation sites (N-methyl/N-ethyl adjacent to an activating group) is 1. The highest BCUT2D eigenvalue weighted by Gasteiger charge is 2.32. The van der Waals surface area contributed by atoms with Crippen LogP contribution < -0.4 is 0 Å². The Morgan fingerprint density at radius 3 is 2.89 bits per heavy atom. The van der Waals surface area contributed by atoms with Crippen molar-refractivity contribution in [1.82, 2.24) is 24.6 Å². The first kappa shape index (κ1) is 19.0.